The number of benzene rings is 1. The van der Waals surface area contributed by atoms with Crippen LogP contribution in [0.5, 0.6) is 0 Å². The number of likely N-dealkylation sites (N-methyl/N-ethyl adjacent to an activating group) is 1. The van der Waals surface area contributed by atoms with E-state index in [-0.39, 0.29) is 11.9 Å². The summed E-state index contributed by atoms with van der Waals surface area (Å²) in [4.78, 5) is 14.2. The van der Waals surface area contributed by atoms with E-state index in [2.05, 4.69) is 19.2 Å². The van der Waals surface area contributed by atoms with E-state index in [4.69, 9.17) is 0 Å². The quantitative estimate of drug-likeness (QED) is 0.864. The third kappa shape index (κ3) is 2.20. The first-order valence-electron chi connectivity index (χ1n) is 6.22. The Balaban J connectivity index is 2.26. The number of para-hydroxylation sites is 1. The molecule has 1 unspecified atom stereocenters. The van der Waals surface area contributed by atoms with Crippen molar-refractivity contribution in [2.45, 2.75) is 26.3 Å². The molecule has 92 valence electrons. The minimum atomic E-state index is -0.168. The average molecular weight is 232 g/mol. The topological polar surface area (TPSA) is 32.3 Å². The fourth-order valence-corrected chi connectivity index (χ4v) is 2.28. The Morgan fingerprint density at radius 3 is 2.71 bits per heavy atom. The molecule has 0 spiro atoms. The highest BCUT2D eigenvalue weighted by molar-refractivity contribution is 6.04. The van der Waals surface area contributed by atoms with E-state index in [0.717, 1.165) is 24.2 Å². The van der Waals surface area contributed by atoms with Crippen molar-refractivity contribution in [1.29, 1.82) is 0 Å². The van der Waals surface area contributed by atoms with Gasteiger partial charge in [-0.3, -0.25) is 4.79 Å². The second-order valence-corrected chi connectivity index (χ2v) is 4.95. The van der Waals surface area contributed by atoms with E-state index in [1.165, 1.54) is 0 Å². The van der Waals surface area contributed by atoms with Crippen LogP contribution in [0.1, 0.15) is 31.9 Å². The van der Waals surface area contributed by atoms with Crippen molar-refractivity contribution in [1.82, 2.24) is 5.32 Å². The molecular formula is C14H20N2O. The molecule has 1 aromatic carbocycles. The second kappa shape index (κ2) is 4.88. The lowest BCUT2D eigenvalue weighted by atomic mass is 10.1. The van der Waals surface area contributed by atoms with Gasteiger partial charge in [0, 0.05) is 17.8 Å². The summed E-state index contributed by atoms with van der Waals surface area (Å²) in [5.74, 6) is 0.790. The van der Waals surface area contributed by atoms with Crippen molar-refractivity contribution >= 4 is 11.6 Å². The summed E-state index contributed by atoms with van der Waals surface area (Å²) in [7, 11) is 1.84. The maximum Gasteiger partial charge on any atom is 0.248 e. The molecule has 1 amide bonds. The number of anilines is 1. The van der Waals surface area contributed by atoms with Gasteiger partial charge in [0.2, 0.25) is 5.91 Å². The summed E-state index contributed by atoms with van der Waals surface area (Å²) in [5, 5.41) is 3.10. The van der Waals surface area contributed by atoms with Gasteiger partial charge in [-0.25, -0.2) is 0 Å². The highest BCUT2D eigenvalue weighted by atomic mass is 16.2. The summed E-state index contributed by atoms with van der Waals surface area (Å²) in [6.45, 7) is 5.18. The molecule has 0 aromatic heterocycles. The average Bonchev–Trinajstić information content (AvgIpc) is 2.58. The minimum absolute atomic E-state index is 0.168. The van der Waals surface area contributed by atoms with Gasteiger partial charge in [0.25, 0.3) is 0 Å². The van der Waals surface area contributed by atoms with Crippen LogP contribution in [-0.2, 0) is 4.79 Å². The fraction of sp³-hybridized carbons (Fsp3) is 0.500. The molecule has 0 radical (unpaired) electrons. The zero-order chi connectivity index (χ0) is 12.4. The molecule has 2 rings (SSSR count). The second-order valence-electron chi connectivity index (χ2n) is 4.95. The fourth-order valence-electron chi connectivity index (χ4n) is 2.28. The molecule has 1 aliphatic rings. The predicted molar refractivity (Wildman–Crippen MR) is 70.1 cm³/mol. The zero-order valence-corrected chi connectivity index (χ0v) is 10.7. The van der Waals surface area contributed by atoms with Crippen LogP contribution in [0, 0.1) is 5.92 Å². The number of hydrogen-bond donors (Lipinski definition) is 1. The summed E-state index contributed by atoms with van der Waals surface area (Å²) < 4.78 is 0. The van der Waals surface area contributed by atoms with Crippen LogP contribution in [0.25, 0.3) is 0 Å². The number of fused-ring (bicyclic) bond motifs is 1. The largest absolute Gasteiger partial charge is 0.310 e. The molecule has 1 atom stereocenters. The van der Waals surface area contributed by atoms with Crippen molar-refractivity contribution in [3.05, 3.63) is 29.8 Å². The van der Waals surface area contributed by atoms with Crippen LogP contribution < -0.4 is 10.2 Å². The number of rotatable bonds is 4. The van der Waals surface area contributed by atoms with Crippen LogP contribution in [0.15, 0.2) is 24.3 Å². The van der Waals surface area contributed by atoms with Crippen LogP contribution in [0.2, 0.25) is 0 Å². The maximum atomic E-state index is 12.3. The lowest BCUT2D eigenvalue weighted by Crippen LogP contribution is -2.34. The van der Waals surface area contributed by atoms with E-state index in [9.17, 15) is 4.79 Å². The van der Waals surface area contributed by atoms with Gasteiger partial charge in [0.15, 0.2) is 0 Å². The van der Waals surface area contributed by atoms with Gasteiger partial charge in [-0.15, -0.1) is 0 Å². The summed E-state index contributed by atoms with van der Waals surface area (Å²) in [6, 6.07) is 7.88. The summed E-state index contributed by atoms with van der Waals surface area (Å²) >= 11 is 0. The first kappa shape index (κ1) is 12.1. The number of hydrogen-bond acceptors (Lipinski definition) is 2. The van der Waals surface area contributed by atoms with Gasteiger partial charge >= 0.3 is 0 Å². The minimum Gasteiger partial charge on any atom is -0.310 e. The monoisotopic (exact) mass is 232 g/mol. The highest BCUT2D eigenvalue weighted by Crippen LogP contribution is 2.35. The molecule has 0 saturated heterocycles. The Labute approximate surface area is 103 Å². The van der Waals surface area contributed by atoms with Gasteiger partial charge in [-0.1, -0.05) is 32.0 Å². The first-order chi connectivity index (χ1) is 8.15. The summed E-state index contributed by atoms with van der Waals surface area (Å²) in [6.07, 6.45) is 1.04. The molecule has 1 aliphatic heterocycles. The summed E-state index contributed by atoms with van der Waals surface area (Å²) in [5.41, 5.74) is 2.17. The van der Waals surface area contributed by atoms with Gasteiger partial charge in [0.1, 0.15) is 6.04 Å². The van der Waals surface area contributed by atoms with E-state index >= 15 is 0 Å². The maximum absolute atomic E-state index is 12.3. The van der Waals surface area contributed by atoms with E-state index in [0.29, 0.717) is 5.92 Å². The number of amides is 1. The zero-order valence-electron chi connectivity index (χ0n) is 10.7. The van der Waals surface area contributed by atoms with Gasteiger partial charge < -0.3 is 10.2 Å². The van der Waals surface area contributed by atoms with Crippen LogP contribution in [0.4, 0.5) is 5.69 Å². The highest BCUT2D eigenvalue weighted by Gasteiger charge is 2.35. The number of nitrogens with one attached hydrogen (secondary N) is 1. The molecule has 1 aromatic rings. The molecule has 0 aliphatic carbocycles. The van der Waals surface area contributed by atoms with Crippen molar-refractivity contribution in [3.63, 3.8) is 0 Å². The van der Waals surface area contributed by atoms with E-state index in [1.54, 1.807) is 0 Å². The Bertz CT molecular complexity index is 414. The van der Waals surface area contributed by atoms with Gasteiger partial charge in [0.05, 0.1) is 0 Å². The molecule has 3 nitrogen and oxygen atoms in total. The smallest absolute Gasteiger partial charge is 0.248 e. The number of carbonyl (C=O) groups excluding carboxylic acids is 1. The number of carbonyl (C=O) groups is 1. The molecule has 0 fully saturated rings. The molecule has 0 saturated carbocycles. The Hall–Kier alpha value is -1.35. The van der Waals surface area contributed by atoms with Crippen molar-refractivity contribution in [2.24, 2.45) is 5.92 Å². The molecule has 3 heteroatoms. The third-order valence-corrected chi connectivity index (χ3v) is 3.27. The first-order valence-corrected chi connectivity index (χ1v) is 6.22. The predicted octanol–water partition coefficient (Wildman–Crippen LogP) is 2.34. The molecule has 17 heavy (non-hydrogen) atoms. The standard InChI is InChI=1S/C14H20N2O/c1-10(2)8-9-16-12-7-5-4-6-11(12)13(15-3)14(16)17/h4-7,10,13,15H,8-9H2,1-3H3. The molecule has 1 N–H and O–H groups in total. The van der Waals surface area contributed by atoms with Crippen molar-refractivity contribution < 1.29 is 4.79 Å². The van der Waals surface area contributed by atoms with E-state index < -0.39 is 0 Å². The SMILES string of the molecule is CNC1C(=O)N(CCC(C)C)c2ccccc21. The Morgan fingerprint density at radius 2 is 2.06 bits per heavy atom. The Kier molecular flexibility index (Phi) is 3.48. The van der Waals surface area contributed by atoms with Gasteiger partial charge in [-0.2, -0.15) is 0 Å². The van der Waals surface area contributed by atoms with E-state index in [1.807, 2.05) is 36.2 Å². The number of nitrogens with zero attached hydrogens (tertiary/aromatic N) is 1. The lowest BCUT2D eigenvalue weighted by Gasteiger charge is -2.19. The Morgan fingerprint density at radius 1 is 1.35 bits per heavy atom. The van der Waals surface area contributed by atoms with Crippen LogP contribution >= 0.6 is 0 Å². The normalized spacial score (nSPS) is 18.9. The lowest BCUT2D eigenvalue weighted by molar-refractivity contribution is -0.119. The van der Waals surface area contributed by atoms with Gasteiger partial charge in [-0.05, 0) is 25.5 Å². The third-order valence-electron chi connectivity index (χ3n) is 3.27. The molecule has 0 bridgehead atoms. The van der Waals surface area contributed by atoms with Crippen LogP contribution in [-0.4, -0.2) is 19.5 Å². The van der Waals surface area contributed by atoms with Crippen molar-refractivity contribution in [3.8, 4) is 0 Å². The molecular weight excluding hydrogens is 212 g/mol. The van der Waals surface area contributed by atoms with Crippen molar-refractivity contribution in [2.75, 3.05) is 18.5 Å². The molecule has 1 heterocycles. The van der Waals surface area contributed by atoms with Crippen LogP contribution in [0.3, 0.4) is 0 Å².